The Morgan fingerprint density at radius 3 is 2.40 bits per heavy atom. The van der Waals surface area contributed by atoms with E-state index in [-0.39, 0.29) is 17.8 Å². The first kappa shape index (κ1) is 15.1. The number of nitro benzene ring substituents is 1. The van der Waals surface area contributed by atoms with E-state index in [0.29, 0.717) is 5.69 Å². The van der Waals surface area contributed by atoms with Gasteiger partial charge in [0.25, 0.3) is 5.69 Å². The van der Waals surface area contributed by atoms with Gasteiger partial charge in [0.05, 0.1) is 4.92 Å². The number of non-ortho nitro benzene ring substituents is 1. The summed E-state index contributed by atoms with van der Waals surface area (Å²) in [6.45, 7) is 1.59. The molecule has 0 bridgehead atoms. The highest BCUT2D eigenvalue weighted by atomic mass is 16.6. The van der Waals surface area contributed by atoms with Gasteiger partial charge < -0.3 is 10.4 Å². The van der Waals surface area contributed by atoms with Crippen molar-refractivity contribution in [3.8, 4) is 0 Å². The standard InChI is InChI=1S/C11H12N4O5/c1-2-9(10(16)17)13-14-11(18)12-7-3-5-8(6-4-7)15(19)20/h3-6H,2H2,1H3,(H,16,17)(H2,12,14,18)/b13-9+. The summed E-state index contributed by atoms with van der Waals surface area (Å²) in [5.41, 5.74) is 2.05. The Morgan fingerprint density at radius 2 is 1.95 bits per heavy atom. The second kappa shape index (κ2) is 6.83. The Labute approximate surface area is 113 Å². The van der Waals surface area contributed by atoms with Gasteiger partial charge in [-0.15, -0.1) is 0 Å². The number of aliphatic carboxylic acids is 1. The van der Waals surface area contributed by atoms with Crippen LogP contribution in [0.3, 0.4) is 0 Å². The van der Waals surface area contributed by atoms with Crippen molar-refractivity contribution >= 4 is 29.1 Å². The van der Waals surface area contributed by atoms with E-state index in [9.17, 15) is 19.7 Å². The van der Waals surface area contributed by atoms with Crippen LogP contribution in [0.2, 0.25) is 0 Å². The third kappa shape index (κ3) is 4.37. The monoisotopic (exact) mass is 280 g/mol. The highest BCUT2D eigenvalue weighted by Gasteiger charge is 2.08. The SMILES string of the molecule is CC/C(=N\NC(=O)Nc1ccc([N+](=O)[O-])cc1)C(=O)O. The van der Waals surface area contributed by atoms with Gasteiger partial charge in [-0.25, -0.2) is 15.0 Å². The number of carbonyl (C=O) groups excluding carboxylic acids is 1. The van der Waals surface area contributed by atoms with Gasteiger partial charge in [-0.05, 0) is 18.6 Å². The number of hydrogen-bond acceptors (Lipinski definition) is 5. The van der Waals surface area contributed by atoms with Crippen molar-refractivity contribution < 1.29 is 19.6 Å². The molecule has 9 nitrogen and oxygen atoms in total. The Bertz CT molecular complexity index is 552. The molecule has 0 aromatic heterocycles. The number of urea groups is 1. The molecular weight excluding hydrogens is 268 g/mol. The second-order valence-corrected chi connectivity index (χ2v) is 3.59. The lowest BCUT2D eigenvalue weighted by molar-refractivity contribution is -0.384. The van der Waals surface area contributed by atoms with Gasteiger partial charge in [0.1, 0.15) is 5.71 Å². The summed E-state index contributed by atoms with van der Waals surface area (Å²) < 4.78 is 0. The molecule has 1 aromatic carbocycles. The van der Waals surface area contributed by atoms with Gasteiger partial charge in [0.2, 0.25) is 0 Å². The zero-order valence-electron chi connectivity index (χ0n) is 10.5. The lowest BCUT2D eigenvalue weighted by Crippen LogP contribution is -2.27. The van der Waals surface area contributed by atoms with Crippen LogP contribution >= 0.6 is 0 Å². The van der Waals surface area contributed by atoms with Crippen LogP contribution in [0.4, 0.5) is 16.2 Å². The van der Waals surface area contributed by atoms with E-state index in [2.05, 4.69) is 10.4 Å². The van der Waals surface area contributed by atoms with E-state index in [1.165, 1.54) is 24.3 Å². The third-order valence-corrected chi connectivity index (χ3v) is 2.21. The van der Waals surface area contributed by atoms with E-state index < -0.39 is 16.9 Å². The first-order valence-corrected chi connectivity index (χ1v) is 5.55. The molecule has 106 valence electrons. The molecule has 0 aliphatic rings. The number of benzene rings is 1. The van der Waals surface area contributed by atoms with Gasteiger partial charge in [-0.2, -0.15) is 5.10 Å². The maximum atomic E-state index is 11.4. The van der Waals surface area contributed by atoms with Crippen molar-refractivity contribution in [3.63, 3.8) is 0 Å². The predicted molar refractivity (Wildman–Crippen MR) is 70.6 cm³/mol. The zero-order chi connectivity index (χ0) is 15.1. The Balaban J connectivity index is 2.62. The van der Waals surface area contributed by atoms with E-state index in [4.69, 9.17) is 5.11 Å². The molecule has 1 aromatic rings. The van der Waals surface area contributed by atoms with Crippen LogP contribution in [0.1, 0.15) is 13.3 Å². The molecule has 0 aliphatic carbocycles. The summed E-state index contributed by atoms with van der Waals surface area (Å²) in [7, 11) is 0. The number of carbonyl (C=O) groups is 2. The third-order valence-electron chi connectivity index (χ3n) is 2.21. The van der Waals surface area contributed by atoms with Crippen molar-refractivity contribution in [2.45, 2.75) is 13.3 Å². The molecule has 0 saturated heterocycles. The van der Waals surface area contributed by atoms with E-state index in [0.717, 1.165) is 0 Å². The average Bonchev–Trinajstić information content (AvgIpc) is 2.39. The summed E-state index contributed by atoms with van der Waals surface area (Å²) in [6, 6.07) is 4.41. The van der Waals surface area contributed by atoms with E-state index >= 15 is 0 Å². The van der Waals surface area contributed by atoms with Crippen LogP contribution in [0.25, 0.3) is 0 Å². The minimum absolute atomic E-state index is 0.104. The largest absolute Gasteiger partial charge is 0.477 e. The minimum Gasteiger partial charge on any atom is -0.477 e. The fourth-order valence-electron chi connectivity index (χ4n) is 1.22. The van der Waals surface area contributed by atoms with Crippen molar-refractivity contribution in [1.29, 1.82) is 0 Å². The second-order valence-electron chi connectivity index (χ2n) is 3.59. The van der Waals surface area contributed by atoms with Crippen LogP contribution in [0.5, 0.6) is 0 Å². The Morgan fingerprint density at radius 1 is 1.35 bits per heavy atom. The Kier molecular flexibility index (Phi) is 5.15. The summed E-state index contributed by atoms with van der Waals surface area (Å²) in [5.74, 6) is -1.22. The summed E-state index contributed by atoms with van der Waals surface area (Å²) in [5, 5.41) is 24.9. The van der Waals surface area contributed by atoms with E-state index in [1.54, 1.807) is 6.92 Å². The predicted octanol–water partition coefficient (Wildman–Crippen LogP) is 1.57. The molecule has 0 spiro atoms. The number of rotatable bonds is 5. The number of amides is 2. The molecule has 20 heavy (non-hydrogen) atoms. The quantitative estimate of drug-likeness (QED) is 0.427. The van der Waals surface area contributed by atoms with Crippen molar-refractivity contribution in [3.05, 3.63) is 34.4 Å². The normalized spacial score (nSPS) is 10.8. The number of carboxylic acid groups (broad SMARTS) is 1. The van der Waals surface area contributed by atoms with Crippen LogP contribution < -0.4 is 10.7 Å². The number of nitro groups is 1. The van der Waals surface area contributed by atoms with Crippen molar-refractivity contribution in [1.82, 2.24) is 5.43 Å². The minimum atomic E-state index is -1.22. The fourth-order valence-corrected chi connectivity index (χ4v) is 1.22. The van der Waals surface area contributed by atoms with Gasteiger partial charge in [0.15, 0.2) is 0 Å². The molecule has 9 heteroatoms. The van der Waals surface area contributed by atoms with Crippen molar-refractivity contribution in [2.24, 2.45) is 5.10 Å². The molecule has 0 radical (unpaired) electrons. The molecular formula is C11H12N4O5. The molecule has 1 rings (SSSR count). The van der Waals surface area contributed by atoms with Crippen LogP contribution in [-0.2, 0) is 4.79 Å². The first-order chi connectivity index (χ1) is 9.43. The smallest absolute Gasteiger partial charge is 0.352 e. The molecule has 0 saturated carbocycles. The lowest BCUT2D eigenvalue weighted by atomic mass is 10.3. The number of hydrogen-bond donors (Lipinski definition) is 3. The highest BCUT2D eigenvalue weighted by molar-refractivity contribution is 6.35. The van der Waals surface area contributed by atoms with Gasteiger partial charge in [-0.3, -0.25) is 10.1 Å². The van der Waals surface area contributed by atoms with Gasteiger partial charge in [-0.1, -0.05) is 6.92 Å². The molecule has 0 heterocycles. The Hall–Kier alpha value is -2.97. The van der Waals surface area contributed by atoms with E-state index in [1.807, 2.05) is 5.43 Å². The summed E-state index contributed by atoms with van der Waals surface area (Å²) in [6.07, 6.45) is 0.160. The number of anilines is 1. The number of nitrogens with one attached hydrogen (secondary N) is 2. The maximum Gasteiger partial charge on any atom is 0.352 e. The lowest BCUT2D eigenvalue weighted by Gasteiger charge is -2.04. The first-order valence-electron chi connectivity index (χ1n) is 5.55. The van der Waals surface area contributed by atoms with Crippen molar-refractivity contribution in [2.75, 3.05) is 5.32 Å². The summed E-state index contributed by atoms with van der Waals surface area (Å²) in [4.78, 5) is 31.9. The van der Waals surface area contributed by atoms with Gasteiger partial charge >= 0.3 is 12.0 Å². The van der Waals surface area contributed by atoms with Gasteiger partial charge in [0, 0.05) is 17.8 Å². The number of nitrogens with zero attached hydrogens (tertiary/aromatic N) is 2. The average molecular weight is 280 g/mol. The highest BCUT2D eigenvalue weighted by Crippen LogP contribution is 2.15. The van der Waals surface area contributed by atoms with Crippen LogP contribution in [-0.4, -0.2) is 27.7 Å². The zero-order valence-corrected chi connectivity index (χ0v) is 10.5. The molecule has 2 amide bonds. The summed E-state index contributed by atoms with van der Waals surface area (Å²) >= 11 is 0. The molecule has 0 atom stereocenters. The van der Waals surface area contributed by atoms with Crippen LogP contribution in [0.15, 0.2) is 29.4 Å². The maximum absolute atomic E-state index is 11.4. The molecule has 0 unspecified atom stereocenters. The molecule has 0 fully saturated rings. The fraction of sp³-hybridized carbons (Fsp3) is 0.182. The number of hydrazone groups is 1. The molecule has 3 N–H and O–H groups in total. The molecule has 0 aliphatic heterocycles. The topological polar surface area (TPSA) is 134 Å². The number of carboxylic acids is 1. The van der Waals surface area contributed by atoms with Crippen LogP contribution in [0, 0.1) is 10.1 Å².